The molecule has 1 aromatic carbocycles. The van der Waals surface area contributed by atoms with Crippen LogP contribution in [-0.4, -0.2) is 16.2 Å². The van der Waals surface area contributed by atoms with Gasteiger partial charge in [0.25, 0.3) is 0 Å². The van der Waals surface area contributed by atoms with Gasteiger partial charge >= 0.3 is 5.97 Å². The second-order valence-electron chi connectivity index (χ2n) is 3.09. The highest BCUT2D eigenvalue weighted by atomic mass is 35.5. The predicted octanol–water partition coefficient (Wildman–Crippen LogP) is 2.09. The van der Waals surface area contributed by atoms with E-state index in [4.69, 9.17) is 16.7 Å². The van der Waals surface area contributed by atoms with Gasteiger partial charge in [0.15, 0.2) is 0 Å². The van der Waals surface area contributed by atoms with Gasteiger partial charge in [0.2, 0.25) is 0 Å². The third kappa shape index (κ3) is 2.25. The van der Waals surface area contributed by atoms with Crippen molar-refractivity contribution in [3.63, 3.8) is 0 Å². The van der Waals surface area contributed by atoms with Gasteiger partial charge in [-0.3, -0.25) is 4.79 Å². The molecule has 0 aliphatic rings. The highest BCUT2D eigenvalue weighted by molar-refractivity contribution is 6.31. The Morgan fingerprint density at radius 2 is 2.00 bits per heavy atom. The SMILES string of the molecule is CC(C(=O)O)C(O)c1ccccc1Cl. The van der Waals surface area contributed by atoms with E-state index < -0.39 is 18.0 Å². The average molecular weight is 215 g/mol. The zero-order valence-electron chi connectivity index (χ0n) is 7.64. The molecule has 4 heteroatoms. The Morgan fingerprint density at radius 1 is 1.43 bits per heavy atom. The van der Waals surface area contributed by atoms with Crippen LogP contribution in [0.1, 0.15) is 18.6 Å². The monoisotopic (exact) mass is 214 g/mol. The number of benzene rings is 1. The molecule has 0 bridgehead atoms. The summed E-state index contributed by atoms with van der Waals surface area (Å²) in [7, 11) is 0. The number of carbonyl (C=O) groups is 1. The second-order valence-corrected chi connectivity index (χ2v) is 3.50. The van der Waals surface area contributed by atoms with E-state index in [0.29, 0.717) is 10.6 Å². The number of halogens is 1. The Morgan fingerprint density at radius 3 is 2.50 bits per heavy atom. The quantitative estimate of drug-likeness (QED) is 0.810. The molecule has 0 aliphatic heterocycles. The molecule has 2 N–H and O–H groups in total. The lowest BCUT2D eigenvalue weighted by atomic mass is 9.98. The van der Waals surface area contributed by atoms with Gasteiger partial charge in [-0.05, 0) is 18.6 Å². The van der Waals surface area contributed by atoms with Crippen LogP contribution in [0.2, 0.25) is 5.02 Å². The van der Waals surface area contributed by atoms with Gasteiger partial charge in [-0.1, -0.05) is 29.8 Å². The van der Waals surface area contributed by atoms with Crippen LogP contribution >= 0.6 is 11.6 Å². The Balaban J connectivity index is 2.94. The van der Waals surface area contributed by atoms with Gasteiger partial charge in [-0.15, -0.1) is 0 Å². The Kier molecular flexibility index (Phi) is 3.49. The third-order valence-corrected chi connectivity index (χ3v) is 2.43. The standard InChI is InChI=1S/C10H11ClO3/c1-6(10(13)14)9(12)7-4-2-3-5-8(7)11/h2-6,9,12H,1H3,(H,13,14). The normalized spacial score (nSPS) is 14.8. The van der Waals surface area contributed by atoms with Gasteiger partial charge in [-0.25, -0.2) is 0 Å². The molecule has 14 heavy (non-hydrogen) atoms. The molecule has 0 spiro atoms. The number of hydrogen-bond acceptors (Lipinski definition) is 2. The van der Waals surface area contributed by atoms with Gasteiger partial charge in [-0.2, -0.15) is 0 Å². The largest absolute Gasteiger partial charge is 0.481 e. The molecule has 0 heterocycles. The maximum absolute atomic E-state index is 10.6. The van der Waals surface area contributed by atoms with Crippen molar-refractivity contribution in [2.75, 3.05) is 0 Å². The Labute approximate surface area is 86.9 Å². The number of aliphatic hydroxyl groups excluding tert-OH is 1. The van der Waals surface area contributed by atoms with E-state index in [9.17, 15) is 9.90 Å². The van der Waals surface area contributed by atoms with Crippen LogP contribution < -0.4 is 0 Å². The first kappa shape index (κ1) is 11.0. The molecular formula is C10H11ClO3. The van der Waals surface area contributed by atoms with Gasteiger partial charge in [0.1, 0.15) is 0 Å². The Hall–Kier alpha value is -1.06. The van der Waals surface area contributed by atoms with Crippen molar-refractivity contribution >= 4 is 17.6 Å². The molecular weight excluding hydrogens is 204 g/mol. The van der Waals surface area contributed by atoms with E-state index in [1.807, 2.05) is 0 Å². The maximum Gasteiger partial charge on any atom is 0.309 e. The predicted molar refractivity (Wildman–Crippen MR) is 53.2 cm³/mol. The molecule has 1 aromatic rings. The molecule has 2 unspecified atom stereocenters. The van der Waals surface area contributed by atoms with Crippen molar-refractivity contribution in [2.24, 2.45) is 5.92 Å². The van der Waals surface area contributed by atoms with Crippen molar-refractivity contribution in [2.45, 2.75) is 13.0 Å². The van der Waals surface area contributed by atoms with E-state index >= 15 is 0 Å². The van der Waals surface area contributed by atoms with Crippen molar-refractivity contribution in [3.05, 3.63) is 34.9 Å². The highest BCUT2D eigenvalue weighted by Crippen LogP contribution is 2.27. The molecule has 1 rings (SSSR count). The molecule has 0 saturated carbocycles. The minimum atomic E-state index is -1.07. The smallest absolute Gasteiger partial charge is 0.309 e. The summed E-state index contributed by atoms with van der Waals surface area (Å²) in [5.74, 6) is -1.91. The molecule has 0 saturated heterocycles. The average Bonchev–Trinajstić information content (AvgIpc) is 2.16. The van der Waals surface area contributed by atoms with Gasteiger partial charge < -0.3 is 10.2 Å². The van der Waals surface area contributed by atoms with Crippen LogP contribution in [0.4, 0.5) is 0 Å². The van der Waals surface area contributed by atoms with Crippen LogP contribution in [-0.2, 0) is 4.79 Å². The molecule has 0 radical (unpaired) electrons. The number of aliphatic hydroxyl groups is 1. The minimum Gasteiger partial charge on any atom is -0.481 e. The minimum absolute atomic E-state index is 0.383. The van der Waals surface area contributed by atoms with Crippen LogP contribution in [0.25, 0.3) is 0 Å². The van der Waals surface area contributed by atoms with Gasteiger partial charge in [0, 0.05) is 5.02 Å². The van der Waals surface area contributed by atoms with E-state index in [2.05, 4.69) is 0 Å². The van der Waals surface area contributed by atoms with E-state index in [1.165, 1.54) is 6.92 Å². The summed E-state index contributed by atoms with van der Waals surface area (Å²) >= 11 is 5.81. The number of aliphatic carboxylic acids is 1. The zero-order valence-corrected chi connectivity index (χ0v) is 8.40. The molecule has 0 aromatic heterocycles. The first-order chi connectivity index (χ1) is 6.54. The lowest BCUT2D eigenvalue weighted by Gasteiger charge is -2.16. The van der Waals surface area contributed by atoms with Crippen molar-refractivity contribution in [3.8, 4) is 0 Å². The van der Waals surface area contributed by atoms with Crippen LogP contribution in [0, 0.1) is 5.92 Å². The number of carboxylic acid groups (broad SMARTS) is 1. The van der Waals surface area contributed by atoms with Crippen molar-refractivity contribution < 1.29 is 15.0 Å². The second kappa shape index (κ2) is 4.44. The topological polar surface area (TPSA) is 57.5 Å². The lowest BCUT2D eigenvalue weighted by Crippen LogP contribution is -2.18. The summed E-state index contributed by atoms with van der Waals surface area (Å²) in [6, 6.07) is 6.67. The summed E-state index contributed by atoms with van der Waals surface area (Å²) in [5, 5.41) is 18.8. The van der Waals surface area contributed by atoms with E-state index in [1.54, 1.807) is 24.3 Å². The van der Waals surface area contributed by atoms with Crippen molar-refractivity contribution in [1.82, 2.24) is 0 Å². The zero-order chi connectivity index (χ0) is 10.7. The molecule has 0 fully saturated rings. The summed E-state index contributed by atoms with van der Waals surface area (Å²) in [6.07, 6.45) is -1.07. The Bertz CT molecular complexity index is 338. The molecule has 76 valence electrons. The summed E-state index contributed by atoms with van der Waals surface area (Å²) in [6.45, 7) is 1.44. The first-order valence-corrected chi connectivity index (χ1v) is 4.57. The summed E-state index contributed by atoms with van der Waals surface area (Å²) < 4.78 is 0. The summed E-state index contributed by atoms with van der Waals surface area (Å²) in [5.41, 5.74) is 0.448. The van der Waals surface area contributed by atoms with E-state index in [-0.39, 0.29) is 0 Å². The number of carboxylic acids is 1. The molecule has 0 aliphatic carbocycles. The highest BCUT2D eigenvalue weighted by Gasteiger charge is 2.24. The first-order valence-electron chi connectivity index (χ1n) is 4.19. The number of rotatable bonds is 3. The van der Waals surface area contributed by atoms with Crippen LogP contribution in [0.15, 0.2) is 24.3 Å². The number of hydrogen-bond donors (Lipinski definition) is 2. The van der Waals surface area contributed by atoms with Crippen LogP contribution in [0.3, 0.4) is 0 Å². The van der Waals surface area contributed by atoms with E-state index in [0.717, 1.165) is 0 Å². The maximum atomic E-state index is 10.6. The molecule has 3 nitrogen and oxygen atoms in total. The van der Waals surface area contributed by atoms with Gasteiger partial charge in [0.05, 0.1) is 12.0 Å². The van der Waals surface area contributed by atoms with Crippen molar-refractivity contribution in [1.29, 1.82) is 0 Å². The van der Waals surface area contributed by atoms with Crippen LogP contribution in [0.5, 0.6) is 0 Å². The fourth-order valence-corrected chi connectivity index (χ4v) is 1.37. The fraction of sp³-hybridized carbons (Fsp3) is 0.300. The molecule has 0 amide bonds. The fourth-order valence-electron chi connectivity index (χ4n) is 1.12. The summed E-state index contributed by atoms with van der Waals surface area (Å²) in [4.78, 5) is 10.6. The third-order valence-electron chi connectivity index (χ3n) is 2.09. The lowest BCUT2D eigenvalue weighted by molar-refractivity contribution is -0.145. The molecule has 2 atom stereocenters.